The second-order valence-electron chi connectivity index (χ2n) is 3.32. The van der Waals surface area contributed by atoms with Gasteiger partial charge in [-0.25, -0.2) is 0 Å². The molecule has 0 atom stereocenters. The molecule has 0 radical (unpaired) electrons. The largest absolute Gasteiger partial charge is 0.548 e. The zero-order valence-corrected chi connectivity index (χ0v) is 8.69. The van der Waals surface area contributed by atoms with Crippen LogP contribution in [0.4, 0.5) is 0 Å². The van der Waals surface area contributed by atoms with Crippen LogP contribution in [0.5, 0.6) is 0 Å². The quantitative estimate of drug-likeness (QED) is 0.453. The van der Waals surface area contributed by atoms with Gasteiger partial charge in [0.15, 0.2) is 0 Å². The second-order valence-corrected chi connectivity index (χ2v) is 7.75. The van der Waals surface area contributed by atoms with Crippen LogP contribution < -0.4 is 0 Å². The highest BCUT2D eigenvalue weighted by molar-refractivity contribution is 6.70. The third-order valence-electron chi connectivity index (χ3n) is 1.11. The van der Waals surface area contributed by atoms with Crippen LogP contribution in [0.25, 0.3) is 0 Å². The number of hydrogen-bond acceptors (Lipinski definition) is 1. The van der Waals surface area contributed by atoms with E-state index in [0.29, 0.717) is 0 Å². The van der Waals surface area contributed by atoms with Gasteiger partial charge in [-0.2, -0.15) is 0 Å². The molecule has 0 amide bonds. The maximum Gasteiger partial charge on any atom is 0.241 e. The topological polar surface area (TPSA) is 9.23 Å². The first kappa shape index (κ1) is 9.76. The van der Waals surface area contributed by atoms with E-state index in [1.54, 1.807) is 0 Å². The molecule has 0 spiro atoms. The summed E-state index contributed by atoms with van der Waals surface area (Å²) in [6, 6.07) is 0. The standard InChI is InChI=1S/C8H18OSi/c1-6-8(7-2)9-10(3,4)5/h6H,7H2,1-5H3. The molecule has 0 bridgehead atoms. The van der Waals surface area contributed by atoms with Gasteiger partial charge >= 0.3 is 0 Å². The first-order valence-electron chi connectivity index (χ1n) is 3.83. The Morgan fingerprint density at radius 3 is 2.00 bits per heavy atom. The minimum absolute atomic E-state index is 1.01. The molecule has 0 unspecified atom stereocenters. The zero-order valence-electron chi connectivity index (χ0n) is 7.69. The fourth-order valence-electron chi connectivity index (χ4n) is 0.729. The van der Waals surface area contributed by atoms with Gasteiger partial charge < -0.3 is 4.43 Å². The Hall–Kier alpha value is -0.243. The summed E-state index contributed by atoms with van der Waals surface area (Å²) < 4.78 is 5.74. The molecule has 0 aliphatic heterocycles. The van der Waals surface area contributed by atoms with Crippen molar-refractivity contribution in [2.75, 3.05) is 0 Å². The third kappa shape index (κ3) is 4.62. The average Bonchev–Trinajstić information content (AvgIpc) is 1.81. The van der Waals surface area contributed by atoms with Crippen molar-refractivity contribution in [1.29, 1.82) is 0 Å². The highest BCUT2D eigenvalue weighted by atomic mass is 28.4. The first-order valence-corrected chi connectivity index (χ1v) is 7.24. The molecule has 1 nitrogen and oxygen atoms in total. The molecule has 0 saturated heterocycles. The predicted molar refractivity (Wildman–Crippen MR) is 48.5 cm³/mol. The van der Waals surface area contributed by atoms with Gasteiger partial charge in [-0.15, -0.1) is 0 Å². The van der Waals surface area contributed by atoms with Crippen molar-refractivity contribution in [2.24, 2.45) is 0 Å². The smallest absolute Gasteiger partial charge is 0.241 e. The SMILES string of the molecule is CC=C(CC)O[Si](C)(C)C. The summed E-state index contributed by atoms with van der Waals surface area (Å²) >= 11 is 0. The van der Waals surface area contributed by atoms with E-state index in [1.807, 2.05) is 6.92 Å². The number of hydrogen-bond donors (Lipinski definition) is 0. The van der Waals surface area contributed by atoms with Crippen molar-refractivity contribution in [2.45, 2.75) is 39.9 Å². The highest BCUT2D eigenvalue weighted by Crippen LogP contribution is 2.12. The van der Waals surface area contributed by atoms with Gasteiger partial charge in [0.25, 0.3) is 0 Å². The Balaban J connectivity index is 3.88. The van der Waals surface area contributed by atoms with Gasteiger partial charge in [0.1, 0.15) is 0 Å². The Morgan fingerprint density at radius 1 is 1.40 bits per heavy atom. The Bertz CT molecular complexity index is 122. The molecular weight excluding hydrogens is 140 g/mol. The molecule has 0 heterocycles. The van der Waals surface area contributed by atoms with Gasteiger partial charge in [0, 0.05) is 6.42 Å². The molecule has 0 aromatic rings. The second kappa shape index (κ2) is 3.81. The Labute approximate surface area is 65.2 Å². The van der Waals surface area contributed by atoms with Crippen LogP contribution in [-0.4, -0.2) is 8.32 Å². The van der Waals surface area contributed by atoms with Crippen LogP contribution >= 0.6 is 0 Å². The van der Waals surface area contributed by atoms with Gasteiger partial charge in [0.2, 0.25) is 8.32 Å². The van der Waals surface area contributed by atoms with Crippen LogP contribution in [0.1, 0.15) is 20.3 Å². The van der Waals surface area contributed by atoms with Crippen LogP contribution in [-0.2, 0) is 4.43 Å². The molecule has 10 heavy (non-hydrogen) atoms. The summed E-state index contributed by atoms with van der Waals surface area (Å²) in [4.78, 5) is 0. The van der Waals surface area contributed by atoms with Crippen molar-refractivity contribution in [3.8, 4) is 0 Å². The maximum atomic E-state index is 5.74. The summed E-state index contributed by atoms with van der Waals surface area (Å²) in [6.07, 6.45) is 3.07. The van der Waals surface area contributed by atoms with E-state index in [9.17, 15) is 0 Å². The fraction of sp³-hybridized carbons (Fsp3) is 0.750. The molecule has 0 aliphatic rings. The molecule has 0 aromatic heterocycles. The van der Waals surface area contributed by atoms with E-state index in [2.05, 4.69) is 32.6 Å². The lowest BCUT2D eigenvalue weighted by Crippen LogP contribution is -2.24. The van der Waals surface area contributed by atoms with Crippen molar-refractivity contribution in [1.82, 2.24) is 0 Å². The summed E-state index contributed by atoms with van der Waals surface area (Å²) in [6.45, 7) is 10.7. The molecule has 0 rings (SSSR count). The Kier molecular flexibility index (Phi) is 3.72. The fourth-order valence-corrected chi connectivity index (χ4v) is 1.78. The summed E-state index contributed by atoms with van der Waals surface area (Å²) in [5.74, 6) is 1.14. The minimum Gasteiger partial charge on any atom is -0.548 e. The van der Waals surface area contributed by atoms with Crippen LogP contribution in [0.3, 0.4) is 0 Å². The molecule has 0 aromatic carbocycles. The first-order chi connectivity index (χ1) is 4.49. The average molecular weight is 158 g/mol. The molecule has 0 N–H and O–H groups in total. The molecule has 0 fully saturated rings. The molecule has 2 heteroatoms. The van der Waals surface area contributed by atoms with E-state index >= 15 is 0 Å². The Morgan fingerprint density at radius 2 is 1.90 bits per heavy atom. The minimum atomic E-state index is -1.33. The molecule has 0 saturated carbocycles. The van der Waals surface area contributed by atoms with E-state index in [1.165, 1.54) is 0 Å². The van der Waals surface area contributed by atoms with Crippen molar-refractivity contribution >= 4 is 8.32 Å². The lowest BCUT2D eigenvalue weighted by atomic mass is 10.4. The van der Waals surface area contributed by atoms with Gasteiger partial charge in [0.05, 0.1) is 5.76 Å². The van der Waals surface area contributed by atoms with E-state index in [0.717, 1.165) is 12.2 Å². The lowest BCUT2D eigenvalue weighted by molar-refractivity contribution is 0.404. The molecular formula is C8H18OSi. The van der Waals surface area contributed by atoms with Gasteiger partial charge in [-0.05, 0) is 26.6 Å². The zero-order chi connectivity index (χ0) is 8.20. The summed E-state index contributed by atoms with van der Waals surface area (Å²) in [5.41, 5.74) is 0. The normalized spacial score (nSPS) is 13.5. The third-order valence-corrected chi connectivity index (χ3v) is 1.98. The summed E-state index contributed by atoms with van der Waals surface area (Å²) in [5, 5.41) is 0. The van der Waals surface area contributed by atoms with Gasteiger partial charge in [-0.1, -0.05) is 13.0 Å². The van der Waals surface area contributed by atoms with E-state index < -0.39 is 8.32 Å². The van der Waals surface area contributed by atoms with Crippen molar-refractivity contribution in [3.63, 3.8) is 0 Å². The lowest BCUT2D eigenvalue weighted by Gasteiger charge is -2.20. The van der Waals surface area contributed by atoms with Crippen LogP contribution in [0.2, 0.25) is 19.6 Å². The van der Waals surface area contributed by atoms with Crippen molar-refractivity contribution < 1.29 is 4.43 Å². The van der Waals surface area contributed by atoms with E-state index in [-0.39, 0.29) is 0 Å². The van der Waals surface area contributed by atoms with E-state index in [4.69, 9.17) is 4.43 Å². The summed E-state index contributed by atoms with van der Waals surface area (Å²) in [7, 11) is -1.33. The van der Waals surface area contributed by atoms with Crippen LogP contribution in [0, 0.1) is 0 Å². The molecule has 0 aliphatic carbocycles. The van der Waals surface area contributed by atoms with Crippen LogP contribution in [0.15, 0.2) is 11.8 Å². The monoisotopic (exact) mass is 158 g/mol. The molecule has 60 valence electrons. The van der Waals surface area contributed by atoms with Crippen molar-refractivity contribution in [3.05, 3.63) is 11.8 Å². The number of allylic oxidation sites excluding steroid dienone is 2. The van der Waals surface area contributed by atoms with Gasteiger partial charge in [-0.3, -0.25) is 0 Å². The highest BCUT2D eigenvalue weighted by Gasteiger charge is 2.15. The predicted octanol–water partition coefficient (Wildman–Crippen LogP) is 3.15. The maximum absolute atomic E-state index is 5.74. The number of rotatable bonds is 3.